The summed E-state index contributed by atoms with van der Waals surface area (Å²) in [6.45, 7) is 2.04. The van der Waals surface area contributed by atoms with Crippen molar-refractivity contribution in [2.45, 2.75) is 71.1 Å². The van der Waals surface area contributed by atoms with Crippen LogP contribution in [0.25, 0.3) is 0 Å². The van der Waals surface area contributed by atoms with E-state index in [2.05, 4.69) is 12.2 Å². The molecule has 0 fully saturated rings. The minimum Gasteiger partial charge on any atom is -0.303 e. The summed E-state index contributed by atoms with van der Waals surface area (Å²) in [7, 11) is 0. The van der Waals surface area contributed by atoms with Crippen molar-refractivity contribution in [1.29, 1.82) is 0 Å². The predicted octanol–water partition coefficient (Wildman–Crippen LogP) is 5.94. The van der Waals surface area contributed by atoms with E-state index in [9.17, 15) is 14.9 Å². The number of nitrogens with zero attached hydrogens (tertiary/aromatic N) is 1. The van der Waals surface area contributed by atoms with Gasteiger partial charge in [-0.2, -0.15) is 0 Å². The van der Waals surface area contributed by atoms with Crippen molar-refractivity contribution < 1.29 is 9.72 Å². The van der Waals surface area contributed by atoms with Gasteiger partial charge in [0.15, 0.2) is 0 Å². The van der Waals surface area contributed by atoms with Gasteiger partial charge < -0.3 is 4.79 Å². The largest absolute Gasteiger partial charge is 0.303 e. The van der Waals surface area contributed by atoms with Crippen LogP contribution in [0.1, 0.15) is 71.1 Å². The highest BCUT2D eigenvalue weighted by molar-refractivity contribution is 5.48. The smallest absolute Gasteiger partial charge is 0.246 e. The molecule has 0 radical (unpaired) electrons. The van der Waals surface area contributed by atoms with Crippen LogP contribution in [0.5, 0.6) is 0 Å². The molecular formula is C20H31NO3. The van der Waals surface area contributed by atoms with Crippen molar-refractivity contribution in [3.63, 3.8) is 0 Å². The summed E-state index contributed by atoms with van der Waals surface area (Å²) in [5.41, 5.74) is 0.256. The first-order valence-corrected chi connectivity index (χ1v) is 8.94. The molecule has 0 aromatic carbocycles. The molecule has 0 unspecified atom stereocenters. The Labute approximate surface area is 146 Å². The Kier molecular flexibility index (Phi) is 16.0. The highest BCUT2D eigenvalue weighted by atomic mass is 16.6. The van der Waals surface area contributed by atoms with Crippen molar-refractivity contribution >= 4 is 6.29 Å². The fourth-order valence-corrected chi connectivity index (χ4v) is 2.14. The van der Waals surface area contributed by atoms with Crippen molar-refractivity contribution in [3.8, 4) is 0 Å². The Morgan fingerprint density at radius 2 is 1.54 bits per heavy atom. The average Bonchev–Trinajstić information content (AvgIpc) is 2.57. The normalized spacial score (nSPS) is 12.6. The van der Waals surface area contributed by atoms with E-state index in [4.69, 9.17) is 0 Å². The van der Waals surface area contributed by atoms with Crippen LogP contribution in [-0.4, -0.2) is 11.2 Å². The zero-order valence-corrected chi connectivity index (χ0v) is 14.9. The van der Waals surface area contributed by atoms with Crippen molar-refractivity contribution in [1.82, 2.24) is 0 Å². The van der Waals surface area contributed by atoms with E-state index in [0.29, 0.717) is 19.3 Å². The van der Waals surface area contributed by atoms with Gasteiger partial charge in [0.05, 0.1) is 11.3 Å². The van der Waals surface area contributed by atoms with Crippen molar-refractivity contribution in [2.75, 3.05) is 0 Å². The third-order valence-electron chi connectivity index (χ3n) is 3.50. The fraction of sp³-hybridized carbons (Fsp3) is 0.550. The van der Waals surface area contributed by atoms with Crippen LogP contribution in [0.4, 0.5) is 0 Å². The molecule has 0 amide bonds. The molecule has 0 aromatic heterocycles. The van der Waals surface area contributed by atoms with Gasteiger partial charge in [-0.3, -0.25) is 10.1 Å². The lowest BCUT2D eigenvalue weighted by atomic mass is 10.1. The van der Waals surface area contributed by atoms with Gasteiger partial charge in [-0.05, 0) is 44.6 Å². The number of hydrogen-bond donors (Lipinski definition) is 0. The molecule has 0 aliphatic heterocycles. The van der Waals surface area contributed by atoms with Gasteiger partial charge in [-0.25, -0.2) is 0 Å². The molecule has 0 aliphatic carbocycles. The molecule has 0 heterocycles. The van der Waals surface area contributed by atoms with Crippen LogP contribution in [0, 0.1) is 10.1 Å². The highest BCUT2D eigenvalue weighted by Crippen LogP contribution is 2.07. The van der Waals surface area contributed by atoms with Crippen LogP contribution in [-0.2, 0) is 4.79 Å². The first kappa shape index (κ1) is 22.0. The standard InChI is InChI=1S/C20H31NO3/c1-2-3-4-14-17-20(21(23)24)18-15-12-10-8-6-5-7-9-11-13-16-19-22/h3-4,6,8,12,15,17,19H,2,5,7,9-11,13-14,16,18H2,1H3/b4-3+,8-6+,15-12+,20-17-. The highest BCUT2D eigenvalue weighted by Gasteiger charge is 2.06. The first-order chi connectivity index (χ1) is 11.7. The van der Waals surface area contributed by atoms with E-state index < -0.39 is 0 Å². The third kappa shape index (κ3) is 14.9. The Bertz CT molecular complexity index is 448. The van der Waals surface area contributed by atoms with E-state index in [1.807, 2.05) is 31.2 Å². The Morgan fingerprint density at radius 3 is 2.21 bits per heavy atom. The summed E-state index contributed by atoms with van der Waals surface area (Å²) in [4.78, 5) is 20.8. The zero-order valence-electron chi connectivity index (χ0n) is 14.9. The third-order valence-corrected chi connectivity index (χ3v) is 3.50. The Hall–Kier alpha value is -1.97. The lowest BCUT2D eigenvalue weighted by molar-refractivity contribution is -0.427. The maximum absolute atomic E-state index is 10.9. The number of rotatable bonds is 15. The molecule has 24 heavy (non-hydrogen) atoms. The molecule has 0 atom stereocenters. The van der Waals surface area contributed by atoms with Crippen LogP contribution in [0.15, 0.2) is 48.2 Å². The number of unbranched alkanes of at least 4 members (excludes halogenated alkanes) is 5. The molecular weight excluding hydrogens is 302 g/mol. The fourth-order valence-electron chi connectivity index (χ4n) is 2.14. The van der Waals surface area contributed by atoms with E-state index in [0.717, 1.165) is 51.2 Å². The Balaban J connectivity index is 3.84. The van der Waals surface area contributed by atoms with E-state index in [1.165, 1.54) is 0 Å². The summed E-state index contributed by atoms with van der Waals surface area (Å²) in [6, 6.07) is 0. The van der Waals surface area contributed by atoms with Crippen LogP contribution < -0.4 is 0 Å². The van der Waals surface area contributed by atoms with E-state index in [-0.39, 0.29) is 10.6 Å². The molecule has 4 heteroatoms. The monoisotopic (exact) mass is 333 g/mol. The lowest BCUT2D eigenvalue weighted by Crippen LogP contribution is -1.97. The van der Waals surface area contributed by atoms with Gasteiger partial charge in [0.25, 0.3) is 0 Å². The Morgan fingerprint density at radius 1 is 0.875 bits per heavy atom. The van der Waals surface area contributed by atoms with Crippen LogP contribution in [0.3, 0.4) is 0 Å². The van der Waals surface area contributed by atoms with Gasteiger partial charge in [0.2, 0.25) is 5.70 Å². The van der Waals surface area contributed by atoms with Gasteiger partial charge >= 0.3 is 0 Å². The molecule has 0 aromatic rings. The van der Waals surface area contributed by atoms with E-state index >= 15 is 0 Å². The summed E-state index contributed by atoms with van der Waals surface area (Å²) in [5.74, 6) is 0. The van der Waals surface area contributed by atoms with E-state index in [1.54, 1.807) is 6.08 Å². The number of nitro groups is 1. The molecule has 0 saturated carbocycles. The molecule has 4 nitrogen and oxygen atoms in total. The summed E-state index contributed by atoms with van der Waals surface area (Å²) in [5, 5.41) is 10.9. The number of carbonyl (C=O) groups excluding carboxylic acids is 1. The summed E-state index contributed by atoms with van der Waals surface area (Å²) < 4.78 is 0. The zero-order chi connectivity index (χ0) is 17.9. The van der Waals surface area contributed by atoms with Gasteiger partial charge in [-0.15, -0.1) is 0 Å². The second-order valence-electron chi connectivity index (χ2n) is 5.61. The number of allylic oxidation sites excluding steroid dienone is 7. The maximum atomic E-state index is 10.9. The molecule has 134 valence electrons. The minimum absolute atomic E-state index is 0.256. The first-order valence-electron chi connectivity index (χ1n) is 8.94. The molecule has 0 bridgehead atoms. The molecule has 0 saturated heterocycles. The molecule has 0 spiro atoms. The number of hydrogen-bond acceptors (Lipinski definition) is 3. The summed E-state index contributed by atoms with van der Waals surface area (Å²) in [6.07, 6.45) is 23.6. The lowest BCUT2D eigenvalue weighted by Gasteiger charge is -1.95. The van der Waals surface area contributed by atoms with Crippen molar-refractivity contribution in [3.05, 3.63) is 58.3 Å². The molecule has 0 N–H and O–H groups in total. The average molecular weight is 333 g/mol. The second-order valence-corrected chi connectivity index (χ2v) is 5.61. The molecule has 0 aliphatic rings. The van der Waals surface area contributed by atoms with Crippen LogP contribution in [0.2, 0.25) is 0 Å². The van der Waals surface area contributed by atoms with Crippen molar-refractivity contribution in [2.24, 2.45) is 0 Å². The quantitative estimate of drug-likeness (QED) is 0.123. The van der Waals surface area contributed by atoms with Gasteiger partial charge in [0, 0.05) is 6.42 Å². The SMILES string of the molecule is CC/C=C/C/C=C(/C/C=C/C/C=C/CCCCCCC=O)[N+](=O)[O-]. The van der Waals surface area contributed by atoms with Gasteiger partial charge in [0.1, 0.15) is 6.29 Å². The maximum Gasteiger partial charge on any atom is 0.246 e. The van der Waals surface area contributed by atoms with Gasteiger partial charge in [-0.1, -0.05) is 56.2 Å². The predicted molar refractivity (Wildman–Crippen MR) is 100 cm³/mol. The number of aldehydes is 1. The minimum atomic E-state index is -0.301. The molecule has 0 rings (SSSR count). The second kappa shape index (κ2) is 17.4. The topological polar surface area (TPSA) is 60.2 Å². The van der Waals surface area contributed by atoms with Crippen LogP contribution >= 0.6 is 0 Å². The number of carbonyl (C=O) groups is 1. The summed E-state index contributed by atoms with van der Waals surface area (Å²) >= 11 is 0.